The number of hydrogen-bond acceptors (Lipinski definition) is 5. The molecule has 1 aromatic carbocycles. The van der Waals surface area contributed by atoms with E-state index >= 15 is 0 Å². The maximum Gasteiger partial charge on any atom is 0.351 e. The van der Waals surface area contributed by atoms with E-state index in [1.54, 1.807) is 13.8 Å². The highest BCUT2D eigenvalue weighted by atomic mass is 32.1. The Labute approximate surface area is 164 Å². The van der Waals surface area contributed by atoms with E-state index in [0.29, 0.717) is 10.6 Å². The van der Waals surface area contributed by atoms with E-state index in [1.165, 1.54) is 16.9 Å². The van der Waals surface area contributed by atoms with E-state index in [0.717, 1.165) is 42.7 Å². The molecule has 1 aliphatic rings. The van der Waals surface area contributed by atoms with Crippen molar-refractivity contribution in [2.45, 2.75) is 65.0 Å². The molecule has 1 aromatic heterocycles. The molecule has 0 spiro atoms. The predicted octanol–water partition coefficient (Wildman–Crippen LogP) is 4.29. The summed E-state index contributed by atoms with van der Waals surface area (Å²) in [4.78, 5) is 29.7. The fourth-order valence-electron chi connectivity index (χ4n) is 3.25. The first-order valence-corrected chi connectivity index (χ1v) is 10.4. The number of aromatic nitrogens is 1. The van der Waals surface area contributed by atoms with Crippen molar-refractivity contribution in [3.63, 3.8) is 0 Å². The van der Waals surface area contributed by atoms with E-state index in [1.807, 2.05) is 12.1 Å². The minimum absolute atomic E-state index is 0.210. The van der Waals surface area contributed by atoms with Gasteiger partial charge in [0.2, 0.25) is 0 Å². The lowest BCUT2D eigenvalue weighted by Gasteiger charge is -2.16. The van der Waals surface area contributed by atoms with Crippen LogP contribution in [0.15, 0.2) is 24.3 Å². The van der Waals surface area contributed by atoms with E-state index in [9.17, 15) is 9.59 Å². The zero-order valence-corrected chi connectivity index (χ0v) is 16.9. The van der Waals surface area contributed by atoms with Crippen molar-refractivity contribution in [2.75, 3.05) is 0 Å². The van der Waals surface area contributed by atoms with Gasteiger partial charge in [0.1, 0.15) is 9.88 Å². The maximum atomic E-state index is 12.5. The summed E-state index contributed by atoms with van der Waals surface area (Å²) in [7, 11) is 0. The third-order valence-corrected chi connectivity index (χ3v) is 6.13. The van der Waals surface area contributed by atoms with Crippen molar-refractivity contribution >= 4 is 23.2 Å². The van der Waals surface area contributed by atoms with Crippen LogP contribution in [0.1, 0.15) is 60.5 Å². The molecular formula is C21H26N2O3S. The summed E-state index contributed by atoms with van der Waals surface area (Å²) < 4.78 is 5.39. The molecule has 1 saturated carbocycles. The maximum absolute atomic E-state index is 12.5. The number of benzene rings is 1. The van der Waals surface area contributed by atoms with Gasteiger partial charge in [-0.1, -0.05) is 44.0 Å². The number of rotatable bonds is 6. The standard InChI is InChI=1S/C21H26N2O3S/c1-4-15-9-11-16(12-10-15)20-22-13(2)18(27-20)21(25)26-14(3)19(24)23-17-7-5-6-8-17/h9-12,14,17H,4-8H2,1-3H3,(H,23,24)/t14-/m0/s1. The Morgan fingerprint density at radius 2 is 1.93 bits per heavy atom. The molecule has 27 heavy (non-hydrogen) atoms. The number of aryl methyl sites for hydroxylation is 2. The number of nitrogens with zero attached hydrogens (tertiary/aromatic N) is 1. The molecule has 2 aromatic rings. The van der Waals surface area contributed by atoms with Crippen molar-refractivity contribution in [2.24, 2.45) is 0 Å². The molecule has 1 aliphatic carbocycles. The fraction of sp³-hybridized carbons (Fsp3) is 0.476. The molecule has 3 rings (SSSR count). The molecule has 1 atom stereocenters. The second-order valence-corrected chi connectivity index (χ2v) is 8.02. The molecule has 1 amide bonds. The summed E-state index contributed by atoms with van der Waals surface area (Å²) in [5, 5.41) is 3.75. The van der Waals surface area contributed by atoms with Crippen molar-refractivity contribution in [3.8, 4) is 10.6 Å². The lowest BCUT2D eigenvalue weighted by atomic mass is 10.1. The minimum atomic E-state index is -0.813. The van der Waals surface area contributed by atoms with Crippen LogP contribution < -0.4 is 5.32 Å². The zero-order chi connectivity index (χ0) is 19.4. The summed E-state index contributed by atoms with van der Waals surface area (Å²) in [6, 6.07) is 8.38. The van der Waals surface area contributed by atoms with Gasteiger partial charge in [-0.2, -0.15) is 0 Å². The first-order chi connectivity index (χ1) is 13.0. The van der Waals surface area contributed by atoms with Gasteiger partial charge in [0.05, 0.1) is 5.69 Å². The predicted molar refractivity (Wildman–Crippen MR) is 107 cm³/mol. The monoisotopic (exact) mass is 386 g/mol. The number of carbonyl (C=O) groups is 2. The summed E-state index contributed by atoms with van der Waals surface area (Å²) in [6.45, 7) is 5.52. The Morgan fingerprint density at radius 1 is 1.26 bits per heavy atom. The third kappa shape index (κ3) is 4.75. The van der Waals surface area contributed by atoms with E-state index < -0.39 is 12.1 Å². The molecule has 5 nitrogen and oxygen atoms in total. The Bertz CT molecular complexity index is 807. The van der Waals surface area contributed by atoms with E-state index in [-0.39, 0.29) is 11.9 Å². The lowest BCUT2D eigenvalue weighted by molar-refractivity contribution is -0.129. The summed E-state index contributed by atoms with van der Waals surface area (Å²) in [5.74, 6) is -0.719. The Hall–Kier alpha value is -2.21. The summed E-state index contributed by atoms with van der Waals surface area (Å²) in [5.41, 5.74) is 2.86. The smallest absolute Gasteiger partial charge is 0.351 e. The lowest BCUT2D eigenvalue weighted by Crippen LogP contribution is -2.40. The highest BCUT2D eigenvalue weighted by molar-refractivity contribution is 7.17. The number of amides is 1. The Morgan fingerprint density at radius 3 is 2.56 bits per heavy atom. The minimum Gasteiger partial charge on any atom is -0.448 e. The number of esters is 1. The van der Waals surface area contributed by atoms with Crippen LogP contribution in [0.5, 0.6) is 0 Å². The van der Waals surface area contributed by atoms with Gasteiger partial charge in [-0.25, -0.2) is 9.78 Å². The number of nitrogens with one attached hydrogen (secondary N) is 1. The molecule has 0 bridgehead atoms. The number of carbonyl (C=O) groups excluding carboxylic acids is 2. The van der Waals surface area contributed by atoms with Gasteiger partial charge < -0.3 is 10.1 Å². The molecule has 1 N–H and O–H groups in total. The molecule has 6 heteroatoms. The molecule has 0 radical (unpaired) electrons. The van der Waals surface area contributed by atoms with Crippen molar-refractivity contribution in [1.29, 1.82) is 0 Å². The zero-order valence-electron chi connectivity index (χ0n) is 16.1. The molecule has 0 aliphatic heterocycles. The number of thiazole rings is 1. The Kier molecular flexibility index (Phi) is 6.26. The van der Waals surface area contributed by atoms with Crippen LogP contribution in [0.2, 0.25) is 0 Å². The van der Waals surface area contributed by atoms with Gasteiger partial charge >= 0.3 is 5.97 Å². The molecule has 1 fully saturated rings. The quantitative estimate of drug-likeness (QED) is 0.752. The van der Waals surface area contributed by atoms with Crippen LogP contribution in [0.25, 0.3) is 10.6 Å². The SMILES string of the molecule is CCc1ccc(-c2nc(C)c(C(=O)O[C@@H](C)C(=O)NC3CCCC3)s2)cc1. The Balaban J connectivity index is 1.65. The summed E-state index contributed by atoms with van der Waals surface area (Å²) >= 11 is 1.30. The molecular weight excluding hydrogens is 360 g/mol. The van der Waals surface area contributed by atoms with Crippen molar-refractivity contribution in [1.82, 2.24) is 10.3 Å². The highest BCUT2D eigenvalue weighted by Crippen LogP contribution is 2.29. The van der Waals surface area contributed by atoms with E-state index in [4.69, 9.17) is 4.74 Å². The molecule has 0 unspecified atom stereocenters. The van der Waals surface area contributed by atoms with E-state index in [2.05, 4.69) is 29.4 Å². The van der Waals surface area contributed by atoms with Gasteiger partial charge in [-0.05, 0) is 38.7 Å². The van der Waals surface area contributed by atoms with Gasteiger partial charge in [-0.3, -0.25) is 4.79 Å². The van der Waals surface area contributed by atoms with Gasteiger partial charge in [0.15, 0.2) is 6.10 Å². The first-order valence-electron chi connectivity index (χ1n) is 9.56. The third-order valence-electron chi connectivity index (χ3n) is 4.95. The number of hydrogen-bond donors (Lipinski definition) is 1. The molecule has 0 saturated heterocycles. The van der Waals surface area contributed by atoms with Crippen molar-refractivity contribution < 1.29 is 14.3 Å². The highest BCUT2D eigenvalue weighted by Gasteiger charge is 2.25. The average molecular weight is 387 g/mol. The second-order valence-electron chi connectivity index (χ2n) is 7.02. The molecule has 144 valence electrons. The van der Waals surface area contributed by atoms with Crippen LogP contribution in [0.3, 0.4) is 0 Å². The van der Waals surface area contributed by atoms with Crippen LogP contribution >= 0.6 is 11.3 Å². The van der Waals surface area contributed by atoms with Gasteiger partial charge in [0, 0.05) is 11.6 Å². The normalized spacial score (nSPS) is 15.5. The van der Waals surface area contributed by atoms with Crippen molar-refractivity contribution in [3.05, 3.63) is 40.4 Å². The van der Waals surface area contributed by atoms with Crippen LogP contribution in [0.4, 0.5) is 0 Å². The average Bonchev–Trinajstić information content (AvgIpc) is 3.31. The van der Waals surface area contributed by atoms with Crippen LogP contribution in [0, 0.1) is 6.92 Å². The first kappa shape index (κ1) is 19.5. The fourth-order valence-corrected chi connectivity index (χ4v) is 4.20. The summed E-state index contributed by atoms with van der Waals surface area (Å²) in [6.07, 6.45) is 4.45. The van der Waals surface area contributed by atoms with Crippen LogP contribution in [-0.4, -0.2) is 29.0 Å². The topological polar surface area (TPSA) is 68.3 Å². The molecule has 1 heterocycles. The number of ether oxygens (including phenoxy) is 1. The van der Waals surface area contributed by atoms with Crippen LogP contribution in [-0.2, 0) is 16.0 Å². The largest absolute Gasteiger partial charge is 0.448 e. The van der Waals surface area contributed by atoms with Gasteiger partial charge in [0.25, 0.3) is 5.91 Å². The second kappa shape index (κ2) is 8.65. The van der Waals surface area contributed by atoms with Gasteiger partial charge in [-0.15, -0.1) is 11.3 Å².